The largest absolute Gasteiger partial charge is 0.324 e. The van der Waals surface area contributed by atoms with Gasteiger partial charge in [-0.15, -0.1) is 0 Å². The van der Waals surface area contributed by atoms with E-state index in [0.717, 1.165) is 6.42 Å². The summed E-state index contributed by atoms with van der Waals surface area (Å²) in [5, 5.41) is 0.602. The molecule has 0 saturated carbocycles. The number of hydrogen-bond acceptors (Lipinski definition) is 2. The Kier molecular flexibility index (Phi) is 2.61. The van der Waals surface area contributed by atoms with E-state index in [4.69, 9.17) is 5.73 Å². The fraction of sp³-hybridized carbons (Fsp3) is 0.455. The lowest BCUT2D eigenvalue weighted by Crippen LogP contribution is -2.11. The van der Waals surface area contributed by atoms with Crippen LogP contribution in [0, 0.1) is 0 Å². The summed E-state index contributed by atoms with van der Waals surface area (Å²) in [6.45, 7) is 2.27. The van der Waals surface area contributed by atoms with Crippen molar-refractivity contribution in [2.75, 3.05) is 5.75 Å². The second kappa shape index (κ2) is 3.72. The molecule has 13 heavy (non-hydrogen) atoms. The SMILES string of the molecule is CC1SCC[C@@H](N)c2ccccc21. The minimum Gasteiger partial charge on any atom is -0.324 e. The molecule has 1 aromatic rings. The van der Waals surface area contributed by atoms with E-state index < -0.39 is 0 Å². The van der Waals surface area contributed by atoms with Gasteiger partial charge in [0.15, 0.2) is 0 Å². The maximum absolute atomic E-state index is 6.10. The van der Waals surface area contributed by atoms with Crippen molar-refractivity contribution in [1.82, 2.24) is 0 Å². The molecule has 0 saturated heterocycles. The molecule has 0 aliphatic carbocycles. The van der Waals surface area contributed by atoms with Crippen LogP contribution in [-0.2, 0) is 0 Å². The first-order chi connectivity index (χ1) is 6.29. The molecular weight excluding hydrogens is 178 g/mol. The topological polar surface area (TPSA) is 26.0 Å². The minimum atomic E-state index is 0.244. The van der Waals surface area contributed by atoms with Gasteiger partial charge in [0, 0.05) is 11.3 Å². The normalized spacial score (nSPS) is 27.8. The third-order valence-corrected chi connectivity index (χ3v) is 3.86. The molecule has 2 heteroatoms. The van der Waals surface area contributed by atoms with Crippen LogP contribution in [0.15, 0.2) is 24.3 Å². The third-order valence-electron chi connectivity index (χ3n) is 2.63. The summed E-state index contributed by atoms with van der Waals surface area (Å²) in [6.07, 6.45) is 1.10. The Morgan fingerprint density at radius 3 is 2.77 bits per heavy atom. The molecule has 2 atom stereocenters. The lowest BCUT2D eigenvalue weighted by molar-refractivity contribution is 0.704. The van der Waals surface area contributed by atoms with Gasteiger partial charge in [-0.3, -0.25) is 0 Å². The van der Waals surface area contributed by atoms with Gasteiger partial charge in [-0.2, -0.15) is 11.8 Å². The van der Waals surface area contributed by atoms with Gasteiger partial charge in [0.25, 0.3) is 0 Å². The number of benzene rings is 1. The predicted octanol–water partition coefficient (Wildman–Crippen LogP) is 2.88. The summed E-state index contributed by atoms with van der Waals surface area (Å²) in [6, 6.07) is 8.81. The number of thioether (sulfide) groups is 1. The summed E-state index contributed by atoms with van der Waals surface area (Å²) in [7, 11) is 0. The molecule has 0 aromatic heterocycles. The Labute approximate surface area is 83.7 Å². The highest BCUT2D eigenvalue weighted by Crippen LogP contribution is 2.37. The molecule has 0 radical (unpaired) electrons. The Bertz CT molecular complexity index is 269. The minimum absolute atomic E-state index is 0.244. The van der Waals surface area contributed by atoms with Gasteiger partial charge in [0.2, 0.25) is 0 Å². The van der Waals surface area contributed by atoms with E-state index in [0.29, 0.717) is 5.25 Å². The molecule has 1 aliphatic heterocycles. The van der Waals surface area contributed by atoms with Crippen molar-refractivity contribution in [3.8, 4) is 0 Å². The van der Waals surface area contributed by atoms with E-state index >= 15 is 0 Å². The first kappa shape index (κ1) is 9.10. The van der Waals surface area contributed by atoms with Crippen molar-refractivity contribution in [3.63, 3.8) is 0 Å². The zero-order chi connectivity index (χ0) is 9.26. The molecule has 70 valence electrons. The van der Waals surface area contributed by atoms with Gasteiger partial charge >= 0.3 is 0 Å². The fourth-order valence-electron chi connectivity index (χ4n) is 1.84. The highest BCUT2D eigenvalue weighted by atomic mass is 32.2. The molecule has 0 spiro atoms. The van der Waals surface area contributed by atoms with E-state index in [1.165, 1.54) is 16.9 Å². The van der Waals surface area contributed by atoms with Gasteiger partial charge < -0.3 is 5.73 Å². The standard InChI is InChI=1S/C11H15NS/c1-8-9-4-2-3-5-10(9)11(12)6-7-13-8/h2-5,8,11H,6-7,12H2,1H3/t8?,11-/m1/s1. The summed E-state index contributed by atoms with van der Waals surface area (Å²) in [5.74, 6) is 1.18. The lowest BCUT2D eigenvalue weighted by atomic mass is 9.98. The smallest absolute Gasteiger partial charge is 0.0305 e. The molecule has 1 aliphatic rings. The van der Waals surface area contributed by atoms with E-state index in [1.807, 2.05) is 11.8 Å². The van der Waals surface area contributed by atoms with Crippen molar-refractivity contribution >= 4 is 11.8 Å². The van der Waals surface area contributed by atoms with Crippen molar-refractivity contribution in [3.05, 3.63) is 35.4 Å². The second-order valence-corrected chi connectivity index (χ2v) is 4.99. The summed E-state index contributed by atoms with van der Waals surface area (Å²) in [5.41, 5.74) is 8.87. The van der Waals surface area contributed by atoms with Gasteiger partial charge in [-0.05, 0) is 30.2 Å². The highest BCUT2D eigenvalue weighted by Gasteiger charge is 2.19. The molecule has 1 unspecified atom stereocenters. The zero-order valence-corrected chi connectivity index (χ0v) is 8.68. The number of rotatable bonds is 0. The maximum Gasteiger partial charge on any atom is 0.0305 e. The summed E-state index contributed by atoms with van der Waals surface area (Å²) in [4.78, 5) is 0. The lowest BCUT2D eigenvalue weighted by Gasteiger charge is -2.14. The average molecular weight is 193 g/mol. The zero-order valence-electron chi connectivity index (χ0n) is 7.86. The monoisotopic (exact) mass is 193 g/mol. The number of hydrogen-bond donors (Lipinski definition) is 1. The van der Waals surface area contributed by atoms with Crippen molar-refractivity contribution in [2.24, 2.45) is 5.73 Å². The van der Waals surface area contributed by atoms with Crippen LogP contribution < -0.4 is 5.73 Å². The van der Waals surface area contributed by atoms with Crippen LogP contribution in [-0.4, -0.2) is 5.75 Å². The molecule has 1 aromatic carbocycles. The summed E-state index contributed by atoms with van der Waals surface area (Å²) >= 11 is 2.01. The van der Waals surface area contributed by atoms with E-state index in [2.05, 4.69) is 31.2 Å². The van der Waals surface area contributed by atoms with Crippen LogP contribution in [0.5, 0.6) is 0 Å². The van der Waals surface area contributed by atoms with E-state index in [9.17, 15) is 0 Å². The van der Waals surface area contributed by atoms with Crippen molar-refractivity contribution in [1.29, 1.82) is 0 Å². The van der Waals surface area contributed by atoms with Crippen LogP contribution >= 0.6 is 11.8 Å². The molecule has 0 bridgehead atoms. The van der Waals surface area contributed by atoms with Crippen LogP contribution in [0.1, 0.15) is 35.8 Å². The molecule has 1 heterocycles. The molecule has 2 N–H and O–H groups in total. The molecule has 1 nitrogen and oxygen atoms in total. The molecule has 2 rings (SSSR count). The van der Waals surface area contributed by atoms with Crippen LogP contribution in [0.3, 0.4) is 0 Å². The van der Waals surface area contributed by atoms with E-state index in [1.54, 1.807) is 0 Å². The third kappa shape index (κ3) is 1.74. The van der Waals surface area contributed by atoms with Crippen molar-refractivity contribution in [2.45, 2.75) is 24.6 Å². The first-order valence-electron chi connectivity index (χ1n) is 4.75. The van der Waals surface area contributed by atoms with Gasteiger partial charge in [0.05, 0.1) is 0 Å². The predicted molar refractivity (Wildman–Crippen MR) is 58.9 cm³/mol. The number of fused-ring (bicyclic) bond motifs is 1. The molecule has 0 amide bonds. The van der Waals surface area contributed by atoms with Gasteiger partial charge in [-0.25, -0.2) is 0 Å². The van der Waals surface area contributed by atoms with Gasteiger partial charge in [0.1, 0.15) is 0 Å². The Morgan fingerprint density at radius 2 is 2.00 bits per heavy atom. The first-order valence-corrected chi connectivity index (χ1v) is 5.80. The Morgan fingerprint density at radius 1 is 1.31 bits per heavy atom. The highest BCUT2D eigenvalue weighted by molar-refractivity contribution is 7.99. The molecule has 0 fully saturated rings. The van der Waals surface area contributed by atoms with Crippen LogP contribution in [0.4, 0.5) is 0 Å². The Balaban J connectivity index is 2.45. The molecular formula is C11H15NS. The maximum atomic E-state index is 6.10. The number of nitrogens with two attached hydrogens (primary N) is 1. The van der Waals surface area contributed by atoms with Crippen molar-refractivity contribution < 1.29 is 0 Å². The average Bonchev–Trinajstić information content (AvgIpc) is 2.29. The van der Waals surface area contributed by atoms with Crippen LogP contribution in [0.2, 0.25) is 0 Å². The van der Waals surface area contributed by atoms with E-state index in [-0.39, 0.29) is 6.04 Å². The quantitative estimate of drug-likeness (QED) is 0.685. The second-order valence-electron chi connectivity index (χ2n) is 3.54. The Hall–Kier alpha value is -0.470. The van der Waals surface area contributed by atoms with Gasteiger partial charge in [-0.1, -0.05) is 24.3 Å². The fourth-order valence-corrected chi connectivity index (χ4v) is 2.97. The van der Waals surface area contributed by atoms with Crippen LogP contribution in [0.25, 0.3) is 0 Å². The summed E-state index contributed by atoms with van der Waals surface area (Å²) < 4.78 is 0.